The first-order valence-corrected chi connectivity index (χ1v) is 11.9. The molecule has 1 amide bonds. The van der Waals surface area contributed by atoms with E-state index in [9.17, 15) is 17.6 Å². The zero-order valence-corrected chi connectivity index (χ0v) is 19.4. The minimum Gasteiger partial charge on any atom is -0.348 e. The summed E-state index contributed by atoms with van der Waals surface area (Å²) in [7, 11) is -4.03. The van der Waals surface area contributed by atoms with Gasteiger partial charge in [0.25, 0.3) is 15.9 Å². The molecule has 0 aliphatic heterocycles. The van der Waals surface area contributed by atoms with Gasteiger partial charge in [-0.25, -0.2) is 22.8 Å². The standard InChI is InChI=1S/C23H19ClFN5O3S/c1-15-26-10-11-30(15)22-12-16(8-9-27-22)14-28-23(31)17-2-7-20(24)21(13-17)29-34(32,33)19-5-3-18(25)4-6-19/h2-13,29H,14H2,1H3,(H,28,31). The molecule has 2 aromatic heterocycles. The second-order valence-corrected chi connectivity index (χ2v) is 9.39. The molecule has 2 N–H and O–H groups in total. The summed E-state index contributed by atoms with van der Waals surface area (Å²) >= 11 is 6.14. The Balaban J connectivity index is 1.48. The van der Waals surface area contributed by atoms with Crippen LogP contribution in [0.25, 0.3) is 5.82 Å². The third-order valence-electron chi connectivity index (χ3n) is 4.93. The minimum absolute atomic E-state index is 0.0282. The van der Waals surface area contributed by atoms with Gasteiger partial charge < -0.3 is 5.32 Å². The summed E-state index contributed by atoms with van der Waals surface area (Å²) in [5.74, 6) is 0.476. The van der Waals surface area contributed by atoms with Crippen LogP contribution in [0.4, 0.5) is 10.1 Å². The maximum Gasteiger partial charge on any atom is 0.261 e. The van der Waals surface area contributed by atoms with Gasteiger partial charge in [-0.05, 0) is 67.1 Å². The van der Waals surface area contributed by atoms with Gasteiger partial charge in [0.1, 0.15) is 17.5 Å². The summed E-state index contributed by atoms with van der Waals surface area (Å²) in [5.41, 5.74) is 1.05. The predicted molar refractivity (Wildman–Crippen MR) is 126 cm³/mol. The Morgan fingerprint density at radius 2 is 1.82 bits per heavy atom. The number of aromatic nitrogens is 3. The molecule has 0 aliphatic carbocycles. The molecule has 0 spiro atoms. The van der Waals surface area contributed by atoms with Crippen molar-refractivity contribution in [3.05, 3.63) is 101 Å². The first kappa shape index (κ1) is 23.4. The zero-order chi connectivity index (χ0) is 24.3. The van der Waals surface area contributed by atoms with Crippen LogP contribution in [-0.4, -0.2) is 28.9 Å². The van der Waals surface area contributed by atoms with Crippen molar-refractivity contribution in [2.75, 3.05) is 4.72 Å². The summed E-state index contributed by atoms with van der Waals surface area (Å²) in [6.07, 6.45) is 5.11. The second kappa shape index (κ2) is 9.62. The highest BCUT2D eigenvalue weighted by Crippen LogP contribution is 2.26. The van der Waals surface area contributed by atoms with Crippen molar-refractivity contribution in [1.82, 2.24) is 19.9 Å². The first-order chi connectivity index (χ1) is 16.2. The van der Waals surface area contributed by atoms with E-state index in [0.29, 0.717) is 5.82 Å². The van der Waals surface area contributed by atoms with Crippen LogP contribution in [0.3, 0.4) is 0 Å². The highest BCUT2D eigenvalue weighted by Gasteiger charge is 2.17. The fourth-order valence-electron chi connectivity index (χ4n) is 3.17. The molecule has 0 fully saturated rings. The Hall–Kier alpha value is -3.76. The Morgan fingerprint density at radius 3 is 2.53 bits per heavy atom. The lowest BCUT2D eigenvalue weighted by Gasteiger charge is -2.12. The number of sulfonamides is 1. The summed E-state index contributed by atoms with van der Waals surface area (Å²) in [6.45, 7) is 2.08. The van der Waals surface area contributed by atoms with Crippen molar-refractivity contribution in [2.24, 2.45) is 0 Å². The molecule has 0 saturated carbocycles. The molecule has 11 heteroatoms. The SMILES string of the molecule is Cc1nccn1-c1cc(CNC(=O)c2ccc(Cl)c(NS(=O)(=O)c3ccc(F)cc3)c2)ccn1. The van der Waals surface area contributed by atoms with Crippen LogP contribution in [0.5, 0.6) is 0 Å². The van der Waals surface area contributed by atoms with Crippen molar-refractivity contribution < 1.29 is 17.6 Å². The summed E-state index contributed by atoms with van der Waals surface area (Å²) in [6, 6.07) is 12.2. The third-order valence-corrected chi connectivity index (χ3v) is 6.64. The van der Waals surface area contributed by atoms with E-state index in [1.165, 1.54) is 18.2 Å². The summed E-state index contributed by atoms with van der Waals surface area (Å²) < 4.78 is 42.5. The van der Waals surface area contributed by atoms with Crippen molar-refractivity contribution in [3.63, 3.8) is 0 Å². The molecule has 4 aromatic rings. The zero-order valence-electron chi connectivity index (χ0n) is 17.9. The van der Waals surface area contributed by atoms with E-state index in [1.807, 2.05) is 17.6 Å². The number of carbonyl (C=O) groups excluding carboxylic acids is 1. The number of nitrogens with zero attached hydrogens (tertiary/aromatic N) is 3. The first-order valence-electron chi connectivity index (χ1n) is 10.0. The molecule has 0 unspecified atom stereocenters. The van der Waals surface area contributed by atoms with Crippen molar-refractivity contribution >= 4 is 33.2 Å². The molecular formula is C23H19ClFN5O3S. The van der Waals surface area contributed by atoms with E-state index >= 15 is 0 Å². The maximum absolute atomic E-state index is 13.1. The number of carbonyl (C=O) groups is 1. The van der Waals surface area contributed by atoms with Gasteiger partial charge in [-0.1, -0.05) is 11.6 Å². The van der Waals surface area contributed by atoms with Crippen LogP contribution in [0.2, 0.25) is 5.02 Å². The van der Waals surface area contributed by atoms with Crippen molar-refractivity contribution in [2.45, 2.75) is 18.4 Å². The number of benzene rings is 2. The van der Waals surface area contributed by atoms with Gasteiger partial charge in [0, 0.05) is 30.7 Å². The van der Waals surface area contributed by atoms with Crippen LogP contribution >= 0.6 is 11.6 Å². The molecule has 2 aromatic carbocycles. The number of nitrogens with one attached hydrogen (secondary N) is 2. The lowest BCUT2D eigenvalue weighted by atomic mass is 10.2. The molecule has 8 nitrogen and oxygen atoms in total. The fraction of sp³-hybridized carbons (Fsp3) is 0.0870. The average Bonchev–Trinajstić information content (AvgIpc) is 3.25. The Kier molecular flexibility index (Phi) is 6.62. The van der Waals surface area contributed by atoms with Crippen LogP contribution in [0, 0.1) is 12.7 Å². The molecule has 0 bridgehead atoms. The second-order valence-electron chi connectivity index (χ2n) is 7.30. The van der Waals surface area contributed by atoms with Gasteiger partial charge in [-0.3, -0.25) is 14.1 Å². The molecule has 4 rings (SSSR count). The van der Waals surface area contributed by atoms with Gasteiger partial charge in [0.15, 0.2) is 0 Å². The predicted octanol–water partition coefficient (Wildman–Crippen LogP) is 4.10. The van der Waals surface area contributed by atoms with Gasteiger partial charge in [0.2, 0.25) is 0 Å². The number of hydrogen-bond donors (Lipinski definition) is 2. The number of amides is 1. The van der Waals surface area contributed by atoms with Crippen LogP contribution < -0.4 is 10.0 Å². The number of anilines is 1. The number of aryl methyl sites for hydroxylation is 1. The fourth-order valence-corrected chi connectivity index (χ4v) is 4.46. The van der Waals surface area contributed by atoms with Crippen LogP contribution in [-0.2, 0) is 16.6 Å². The van der Waals surface area contributed by atoms with E-state index in [-0.39, 0.29) is 27.7 Å². The minimum atomic E-state index is -4.03. The number of halogens is 2. The molecule has 0 saturated heterocycles. The lowest BCUT2D eigenvalue weighted by molar-refractivity contribution is 0.0951. The van der Waals surface area contributed by atoms with E-state index < -0.39 is 21.7 Å². The van der Waals surface area contributed by atoms with Gasteiger partial charge in [-0.2, -0.15) is 0 Å². The topological polar surface area (TPSA) is 106 Å². The molecule has 174 valence electrons. The monoisotopic (exact) mass is 499 g/mol. The normalized spacial score (nSPS) is 11.3. The van der Waals surface area contributed by atoms with Gasteiger partial charge >= 0.3 is 0 Å². The van der Waals surface area contributed by atoms with Gasteiger partial charge in [0.05, 0.1) is 15.6 Å². The van der Waals surface area contributed by atoms with Crippen molar-refractivity contribution in [3.8, 4) is 5.82 Å². The van der Waals surface area contributed by atoms with Crippen LogP contribution in [0.1, 0.15) is 21.7 Å². The Labute approximate surface area is 200 Å². The lowest BCUT2D eigenvalue weighted by Crippen LogP contribution is -2.23. The largest absolute Gasteiger partial charge is 0.348 e. The highest BCUT2D eigenvalue weighted by atomic mass is 35.5. The van der Waals surface area contributed by atoms with E-state index in [4.69, 9.17) is 11.6 Å². The number of hydrogen-bond acceptors (Lipinski definition) is 5. The van der Waals surface area contributed by atoms with E-state index in [0.717, 1.165) is 35.7 Å². The molecule has 0 atom stereocenters. The van der Waals surface area contributed by atoms with Gasteiger partial charge in [-0.15, -0.1) is 0 Å². The Bertz CT molecular complexity index is 1460. The highest BCUT2D eigenvalue weighted by molar-refractivity contribution is 7.92. The molecule has 0 aliphatic rings. The number of pyridine rings is 1. The number of imidazole rings is 1. The maximum atomic E-state index is 13.1. The summed E-state index contributed by atoms with van der Waals surface area (Å²) in [5, 5.41) is 2.90. The van der Waals surface area contributed by atoms with Crippen molar-refractivity contribution in [1.29, 1.82) is 0 Å². The average molecular weight is 500 g/mol. The van der Waals surface area contributed by atoms with Crippen LogP contribution in [0.15, 0.2) is 78.1 Å². The molecule has 0 radical (unpaired) electrons. The smallest absolute Gasteiger partial charge is 0.261 e. The quantitative estimate of drug-likeness (QED) is 0.398. The number of rotatable bonds is 7. The molecule has 2 heterocycles. The third kappa shape index (κ3) is 5.24. The summed E-state index contributed by atoms with van der Waals surface area (Å²) in [4.78, 5) is 21.1. The van der Waals surface area contributed by atoms with E-state index in [2.05, 4.69) is 20.0 Å². The molecule has 34 heavy (non-hydrogen) atoms. The van der Waals surface area contributed by atoms with E-state index in [1.54, 1.807) is 24.7 Å². The Morgan fingerprint density at radius 1 is 1.06 bits per heavy atom. The molecular weight excluding hydrogens is 481 g/mol.